The number of hydrogen-bond donors (Lipinski definition) is 2. The number of nitrogens with zero attached hydrogens (tertiary/aromatic N) is 1. The number of carbonyl (C=O) groups is 1. The van der Waals surface area contributed by atoms with Crippen molar-refractivity contribution in [3.05, 3.63) is 65.7 Å². The number of halogens is 3. The minimum Gasteiger partial charge on any atom is -0.399 e. The third-order valence-corrected chi connectivity index (χ3v) is 5.25. The van der Waals surface area contributed by atoms with Gasteiger partial charge in [0.15, 0.2) is 5.41 Å². The molecule has 1 aliphatic rings. The van der Waals surface area contributed by atoms with Gasteiger partial charge in [0, 0.05) is 25.3 Å². The number of likely N-dealkylation sites (tertiary alicyclic amines) is 1. The molecule has 1 atom stereocenters. The Labute approximate surface area is 162 Å². The highest BCUT2D eigenvalue weighted by Crippen LogP contribution is 2.46. The molecule has 3 N–H and O–H groups in total. The first kappa shape index (κ1) is 20.2. The average Bonchev–Trinajstić information content (AvgIpc) is 3.09. The van der Waals surface area contributed by atoms with Crippen LogP contribution in [0.2, 0.25) is 0 Å². The van der Waals surface area contributed by atoms with E-state index in [0.29, 0.717) is 18.7 Å². The molecule has 1 saturated heterocycles. The second kappa shape index (κ2) is 8.22. The van der Waals surface area contributed by atoms with E-state index in [0.717, 1.165) is 11.1 Å². The summed E-state index contributed by atoms with van der Waals surface area (Å²) in [6, 6.07) is 16.4. The van der Waals surface area contributed by atoms with Crippen LogP contribution in [0.4, 0.5) is 18.9 Å². The van der Waals surface area contributed by atoms with Crippen LogP contribution in [-0.2, 0) is 17.8 Å². The van der Waals surface area contributed by atoms with Gasteiger partial charge in [-0.1, -0.05) is 42.5 Å². The van der Waals surface area contributed by atoms with E-state index in [1.807, 2.05) is 30.3 Å². The molecule has 4 nitrogen and oxygen atoms in total. The number of rotatable bonds is 6. The second-order valence-corrected chi connectivity index (χ2v) is 7.27. The number of nitrogens with one attached hydrogen (secondary N) is 1. The number of anilines is 1. The Bertz CT molecular complexity index is 793. The van der Waals surface area contributed by atoms with E-state index in [2.05, 4.69) is 5.32 Å². The minimum absolute atomic E-state index is 0.152. The number of hydrogen-bond acceptors (Lipinski definition) is 3. The molecule has 1 fully saturated rings. The van der Waals surface area contributed by atoms with E-state index < -0.39 is 17.5 Å². The Hall–Kier alpha value is -2.54. The lowest BCUT2D eigenvalue weighted by Crippen LogP contribution is -2.52. The summed E-state index contributed by atoms with van der Waals surface area (Å²) < 4.78 is 41.6. The Morgan fingerprint density at radius 1 is 1.07 bits per heavy atom. The number of nitrogen functional groups attached to an aromatic ring is 1. The van der Waals surface area contributed by atoms with E-state index >= 15 is 0 Å². The zero-order valence-electron chi connectivity index (χ0n) is 15.5. The van der Waals surface area contributed by atoms with E-state index in [1.54, 1.807) is 29.2 Å². The number of alkyl halides is 3. The Morgan fingerprint density at radius 3 is 2.39 bits per heavy atom. The maximum atomic E-state index is 13.9. The van der Waals surface area contributed by atoms with Gasteiger partial charge in [-0.2, -0.15) is 13.2 Å². The quantitative estimate of drug-likeness (QED) is 0.743. The number of benzene rings is 2. The van der Waals surface area contributed by atoms with Gasteiger partial charge in [0.1, 0.15) is 0 Å². The topological polar surface area (TPSA) is 58.4 Å². The van der Waals surface area contributed by atoms with Crippen LogP contribution in [0.5, 0.6) is 0 Å². The average molecular weight is 391 g/mol. The molecule has 0 spiro atoms. The largest absolute Gasteiger partial charge is 0.404 e. The zero-order valence-corrected chi connectivity index (χ0v) is 15.5. The fourth-order valence-corrected chi connectivity index (χ4v) is 3.58. The van der Waals surface area contributed by atoms with Gasteiger partial charge >= 0.3 is 6.18 Å². The van der Waals surface area contributed by atoms with Crippen molar-refractivity contribution < 1.29 is 18.0 Å². The van der Waals surface area contributed by atoms with E-state index in [9.17, 15) is 18.0 Å². The molecule has 2 aromatic carbocycles. The summed E-state index contributed by atoms with van der Waals surface area (Å²) in [4.78, 5) is 14.3. The lowest BCUT2D eigenvalue weighted by atomic mass is 9.85. The van der Waals surface area contributed by atoms with E-state index in [4.69, 9.17) is 5.73 Å². The molecule has 2 aromatic rings. The Kier molecular flexibility index (Phi) is 5.93. The first-order valence-corrected chi connectivity index (χ1v) is 9.26. The van der Waals surface area contributed by atoms with Crippen LogP contribution >= 0.6 is 0 Å². The highest BCUT2D eigenvalue weighted by atomic mass is 19.4. The molecule has 0 bridgehead atoms. The van der Waals surface area contributed by atoms with Crippen molar-refractivity contribution in [2.45, 2.75) is 25.6 Å². The van der Waals surface area contributed by atoms with Crippen LogP contribution < -0.4 is 11.1 Å². The molecule has 1 heterocycles. The van der Waals surface area contributed by atoms with Crippen LogP contribution in [0.15, 0.2) is 54.6 Å². The smallest absolute Gasteiger partial charge is 0.399 e. The Balaban J connectivity index is 1.63. The molecule has 28 heavy (non-hydrogen) atoms. The van der Waals surface area contributed by atoms with Crippen LogP contribution in [-0.4, -0.2) is 36.6 Å². The van der Waals surface area contributed by atoms with Gasteiger partial charge in [-0.3, -0.25) is 9.69 Å². The number of amides is 1. The molecule has 0 aromatic heterocycles. The van der Waals surface area contributed by atoms with Crippen molar-refractivity contribution in [2.24, 2.45) is 5.41 Å². The van der Waals surface area contributed by atoms with Gasteiger partial charge in [-0.15, -0.1) is 0 Å². The van der Waals surface area contributed by atoms with Crippen molar-refractivity contribution >= 4 is 11.6 Å². The van der Waals surface area contributed by atoms with E-state index in [-0.39, 0.29) is 26.1 Å². The van der Waals surface area contributed by atoms with Gasteiger partial charge in [-0.25, -0.2) is 0 Å². The molecule has 0 radical (unpaired) electrons. The summed E-state index contributed by atoms with van der Waals surface area (Å²) in [5, 5.41) is 2.50. The van der Waals surface area contributed by atoms with Crippen LogP contribution in [0.1, 0.15) is 17.5 Å². The SMILES string of the molecule is Nc1ccc(CCNC(=O)C2(C(F)(F)F)CCN(Cc3ccccc3)C2)cc1. The van der Waals surface area contributed by atoms with Crippen LogP contribution in [0.25, 0.3) is 0 Å². The standard InChI is InChI=1S/C21H24F3N3O/c22-21(23,24)20(11-13-27(15-20)14-17-4-2-1-3-5-17)19(28)26-12-10-16-6-8-18(25)9-7-16/h1-9H,10-15,25H2,(H,26,28). The molecule has 3 rings (SSSR count). The maximum absolute atomic E-state index is 13.9. The first-order chi connectivity index (χ1) is 13.3. The highest BCUT2D eigenvalue weighted by Gasteiger charge is 2.62. The molecular formula is C21H24F3N3O. The van der Waals surface area contributed by atoms with E-state index in [1.165, 1.54) is 0 Å². The molecule has 7 heteroatoms. The fraction of sp³-hybridized carbons (Fsp3) is 0.381. The lowest BCUT2D eigenvalue weighted by molar-refractivity contribution is -0.218. The lowest BCUT2D eigenvalue weighted by Gasteiger charge is -2.30. The van der Waals surface area contributed by atoms with Crippen molar-refractivity contribution in [3.8, 4) is 0 Å². The summed E-state index contributed by atoms with van der Waals surface area (Å²) in [7, 11) is 0. The molecule has 1 amide bonds. The molecule has 1 aliphatic heterocycles. The predicted molar refractivity (Wildman–Crippen MR) is 102 cm³/mol. The summed E-state index contributed by atoms with van der Waals surface area (Å²) in [5.74, 6) is -0.939. The normalized spacial score (nSPS) is 20.2. The van der Waals surface area contributed by atoms with Gasteiger partial charge in [0.05, 0.1) is 0 Å². The molecule has 1 unspecified atom stereocenters. The van der Waals surface area contributed by atoms with Gasteiger partial charge < -0.3 is 11.1 Å². The van der Waals surface area contributed by atoms with Crippen molar-refractivity contribution in [2.75, 3.05) is 25.4 Å². The number of nitrogens with two attached hydrogens (primary N) is 1. The van der Waals surface area contributed by atoms with Crippen molar-refractivity contribution in [1.82, 2.24) is 10.2 Å². The second-order valence-electron chi connectivity index (χ2n) is 7.27. The monoisotopic (exact) mass is 391 g/mol. The van der Waals surface area contributed by atoms with Gasteiger partial charge in [-0.05, 0) is 42.6 Å². The fourth-order valence-electron chi connectivity index (χ4n) is 3.58. The van der Waals surface area contributed by atoms with Crippen LogP contribution in [0.3, 0.4) is 0 Å². The molecular weight excluding hydrogens is 367 g/mol. The van der Waals surface area contributed by atoms with Crippen LogP contribution in [0, 0.1) is 5.41 Å². The molecule has 0 saturated carbocycles. The number of carbonyl (C=O) groups excluding carboxylic acids is 1. The van der Waals surface area contributed by atoms with Crippen molar-refractivity contribution in [1.29, 1.82) is 0 Å². The maximum Gasteiger partial charge on any atom is 0.404 e. The summed E-state index contributed by atoms with van der Waals surface area (Å²) in [5.41, 5.74) is 5.73. The van der Waals surface area contributed by atoms with Gasteiger partial charge in [0.25, 0.3) is 0 Å². The minimum atomic E-state index is -4.59. The first-order valence-electron chi connectivity index (χ1n) is 9.26. The Morgan fingerprint density at radius 2 is 1.75 bits per heavy atom. The third kappa shape index (κ3) is 4.47. The van der Waals surface area contributed by atoms with Gasteiger partial charge in [0.2, 0.25) is 5.91 Å². The predicted octanol–water partition coefficient (Wildman–Crippen LogP) is 3.38. The zero-order chi connectivity index (χ0) is 20.2. The molecule has 0 aliphatic carbocycles. The molecule has 150 valence electrons. The summed E-state index contributed by atoms with van der Waals surface area (Å²) in [6.07, 6.45) is -4.37. The van der Waals surface area contributed by atoms with Crippen molar-refractivity contribution in [3.63, 3.8) is 0 Å². The summed E-state index contributed by atoms with van der Waals surface area (Å²) in [6.45, 7) is 0.468. The third-order valence-electron chi connectivity index (χ3n) is 5.25. The summed E-state index contributed by atoms with van der Waals surface area (Å²) >= 11 is 0. The highest BCUT2D eigenvalue weighted by molar-refractivity contribution is 5.84.